The molecule has 2 heterocycles. The van der Waals surface area contributed by atoms with Crippen LogP contribution in [0.25, 0.3) is 16.6 Å². The van der Waals surface area contributed by atoms with E-state index < -0.39 is 5.97 Å². The van der Waals surface area contributed by atoms with Gasteiger partial charge in [0, 0.05) is 22.3 Å². The maximum absolute atomic E-state index is 12.8. The van der Waals surface area contributed by atoms with Gasteiger partial charge in [-0.1, -0.05) is 17.7 Å². The highest BCUT2D eigenvalue weighted by Gasteiger charge is 2.28. The van der Waals surface area contributed by atoms with Crippen LogP contribution in [0.1, 0.15) is 40.3 Å². The van der Waals surface area contributed by atoms with Crippen molar-refractivity contribution in [2.75, 3.05) is 13.2 Å². The monoisotopic (exact) mass is 385 g/mol. The van der Waals surface area contributed by atoms with E-state index in [-0.39, 0.29) is 6.61 Å². The van der Waals surface area contributed by atoms with E-state index in [2.05, 4.69) is 0 Å². The van der Waals surface area contributed by atoms with Crippen molar-refractivity contribution < 1.29 is 19.1 Å². The molecular formula is C21H20ClNO4. The molecule has 0 aliphatic carbocycles. The summed E-state index contributed by atoms with van der Waals surface area (Å²) in [7, 11) is 0. The van der Waals surface area contributed by atoms with Crippen LogP contribution in [0.15, 0.2) is 36.5 Å². The lowest BCUT2D eigenvalue weighted by atomic mass is 9.97. The molecule has 140 valence electrons. The number of ether oxygens (including phenoxy) is 2. The standard InChI is InChI=1S/C21H20ClNO4/c1-4-26-20-13(3)10-14(22)11-15(20)18-17(12-24)23-9-7-6-8-16(23)19(18)21(25)27-5-2/h6-12H,4-5H2,1-3H3. The topological polar surface area (TPSA) is 57.0 Å². The highest BCUT2D eigenvalue weighted by atomic mass is 35.5. The van der Waals surface area contributed by atoms with Crippen molar-refractivity contribution in [2.45, 2.75) is 20.8 Å². The van der Waals surface area contributed by atoms with Gasteiger partial charge < -0.3 is 13.9 Å². The van der Waals surface area contributed by atoms with E-state index in [1.807, 2.05) is 19.9 Å². The lowest BCUT2D eigenvalue weighted by molar-refractivity contribution is 0.0529. The molecule has 0 saturated carbocycles. The first-order chi connectivity index (χ1) is 13.0. The Morgan fingerprint density at radius 2 is 2.00 bits per heavy atom. The zero-order chi connectivity index (χ0) is 19.6. The number of pyridine rings is 1. The van der Waals surface area contributed by atoms with Crippen molar-refractivity contribution in [3.8, 4) is 16.9 Å². The quantitative estimate of drug-likeness (QED) is 0.444. The Balaban J connectivity index is 2.46. The van der Waals surface area contributed by atoms with Crippen molar-refractivity contribution in [1.82, 2.24) is 4.40 Å². The van der Waals surface area contributed by atoms with Gasteiger partial charge in [0.15, 0.2) is 6.29 Å². The number of aromatic nitrogens is 1. The zero-order valence-electron chi connectivity index (χ0n) is 15.4. The fourth-order valence-electron chi connectivity index (χ4n) is 3.28. The molecule has 0 N–H and O–H groups in total. The van der Waals surface area contributed by atoms with Crippen molar-refractivity contribution >= 4 is 29.4 Å². The molecule has 2 aromatic heterocycles. The molecule has 0 unspecified atom stereocenters. The Labute approximate surface area is 162 Å². The lowest BCUT2D eigenvalue weighted by Crippen LogP contribution is -2.07. The number of rotatable bonds is 6. The first kappa shape index (κ1) is 19.0. The molecule has 0 atom stereocenters. The first-order valence-corrected chi connectivity index (χ1v) is 9.09. The molecule has 6 heteroatoms. The van der Waals surface area contributed by atoms with Gasteiger partial charge in [-0.15, -0.1) is 0 Å². The maximum Gasteiger partial charge on any atom is 0.340 e. The molecule has 0 spiro atoms. The molecular weight excluding hydrogens is 366 g/mol. The third-order valence-electron chi connectivity index (χ3n) is 4.27. The predicted octanol–water partition coefficient (Wildman–Crippen LogP) is 4.96. The highest BCUT2D eigenvalue weighted by Crippen LogP contribution is 2.41. The summed E-state index contributed by atoms with van der Waals surface area (Å²) in [4.78, 5) is 24.8. The average Bonchev–Trinajstić information content (AvgIpc) is 2.98. The minimum Gasteiger partial charge on any atom is -0.493 e. The van der Waals surface area contributed by atoms with E-state index >= 15 is 0 Å². The normalized spacial score (nSPS) is 10.8. The number of halogens is 1. The summed E-state index contributed by atoms with van der Waals surface area (Å²) < 4.78 is 12.8. The minimum atomic E-state index is -0.496. The van der Waals surface area contributed by atoms with Gasteiger partial charge in [0.25, 0.3) is 0 Å². The summed E-state index contributed by atoms with van der Waals surface area (Å²) in [5, 5.41) is 0.493. The van der Waals surface area contributed by atoms with Crippen molar-refractivity contribution in [1.29, 1.82) is 0 Å². The number of aryl methyl sites for hydroxylation is 1. The number of fused-ring (bicyclic) bond motifs is 1. The summed E-state index contributed by atoms with van der Waals surface area (Å²) >= 11 is 6.29. The third kappa shape index (κ3) is 3.30. The van der Waals surface area contributed by atoms with E-state index in [1.54, 1.807) is 41.8 Å². The van der Waals surface area contributed by atoms with Crippen LogP contribution in [-0.2, 0) is 4.74 Å². The van der Waals surface area contributed by atoms with Gasteiger partial charge >= 0.3 is 5.97 Å². The zero-order valence-corrected chi connectivity index (χ0v) is 16.2. The van der Waals surface area contributed by atoms with Crippen LogP contribution in [0.5, 0.6) is 5.75 Å². The summed E-state index contributed by atoms with van der Waals surface area (Å²) in [6.45, 7) is 6.16. The minimum absolute atomic E-state index is 0.228. The van der Waals surface area contributed by atoms with Gasteiger partial charge in [0.05, 0.1) is 30.0 Å². The van der Waals surface area contributed by atoms with Crippen LogP contribution in [0, 0.1) is 6.92 Å². The second kappa shape index (κ2) is 7.84. The average molecular weight is 386 g/mol. The number of aldehydes is 1. The van der Waals surface area contributed by atoms with Gasteiger partial charge in [-0.3, -0.25) is 4.79 Å². The fraction of sp³-hybridized carbons (Fsp3) is 0.238. The maximum atomic E-state index is 12.8. The molecule has 3 rings (SSSR count). The molecule has 0 fully saturated rings. The Morgan fingerprint density at radius 3 is 2.67 bits per heavy atom. The predicted molar refractivity (Wildman–Crippen MR) is 105 cm³/mol. The fourth-order valence-corrected chi connectivity index (χ4v) is 3.56. The number of carbonyl (C=O) groups excluding carboxylic acids is 2. The lowest BCUT2D eigenvalue weighted by Gasteiger charge is -2.15. The van der Waals surface area contributed by atoms with E-state index in [1.165, 1.54) is 0 Å². The number of carbonyl (C=O) groups is 2. The summed E-state index contributed by atoms with van der Waals surface area (Å²) in [5.74, 6) is 0.0934. The van der Waals surface area contributed by atoms with Crippen LogP contribution in [0.3, 0.4) is 0 Å². The summed E-state index contributed by atoms with van der Waals surface area (Å²) in [5.41, 5.74) is 3.13. The molecule has 0 saturated heterocycles. The Morgan fingerprint density at radius 1 is 1.22 bits per heavy atom. The van der Waals surface area contributed by atoms with Crippen molar-refractivity contribution in [3.05, 3.63) is 58.4 Å². The summed E-state index contributed by atoms with van der Waals surface area (Å²) in [6, 6.07) is 8.88. The largest absolute Gasteiger partial charge is 0.493 e. The Bertz CT molecular complexity index is 1020. The second-order valence-electron chi connectivity index (χ2n) is 5.96. The smallest absolute Gasteiger partial charge is 0.340 e. The molecule has 0 radical (unpaired) electrons. The number of hydrogen-bond donors (Lipinski definition) is 0. The van der Waals surface area contributed by atoms with E-state index in [9.17, 15) is 9.59 Å². The number of hydrogen-bond acceptors (Lipinski definition) is 4. The van der Waals surface area contributed by atoms with E-state index in [0.717, 1.165) is 11.8 Å². The van der Waals surface area contributed by atoms with Gasteiger partial charge in [-0.05, 0) is 50.6 Å². The Hall–Kier alpha value is -2.79. The molecule has 0 bridgehead atoms. The van der Waals surface area contributed by atoms with Gasteiger partial charge in [-0.2, -0.15) is 0 Å². The second-order valence-corrected chi connectivity index (χ2v) is 6.40. The third-order valence-corrected chi connectivity index (χ3v) is 4.49. The molecule has 1 aromatic carbocycles. The van der Waals surface area contributed by atoms with E-state index in [0.29, 0.717) is 45.3 Å². The highest BCUT2D eigenvalue weighted by molar-refractivity contribution is 6.31. The SMILES string of the molecule is CCOC(=O)c1c(-c2cc(Cl)cc(C)c2OCC)c(C=O)n2ccccc12. The number of esters is 1. The van der Waals surface area contributed by atoms with Crippen LogP contribution < -0.4 is 4.74 Å². The van der Waals surface area contributed by atoms with Crippen LogP contribution in [0.2, 0.25) is 5.02 Å². The van der Waals surface area contributed by atoms with Crippen LogP contribution >= 0.6 is 11.6 Å². The molecule has 0 aliphatic heterocycles. The van der Waals surface area contributed by atoms with Crippen LogP contribution in [-0.4, -0.2) is 29.9 Å². The molecule has 0 amide bonds. The molecule has 27 heavy (non-hydrogen) atoms. The summed E-state index contributed by atoms with van der Waals surface area (Å²) in [6.07, 6.45) is 2.47. The number of nitrogens with zero attached hydrogens (tertiary/aromatic N) is 1. The Kier molecular flexibility index (Phi) is 5.51. The molecule has 3 aromatic rings. The van der Waals surface area contributed by atoms with Crippen LogP contribution in [0.4, 0.5) is 0 Å². The van der Waals surface area contributed by atoms with Gasteiger partial charge in [-0.25, -0.2) is 4.79 Å². The van der Waals surface area contributed by atoms with Gasteiger partial charge in [0.2, 0.25) is 0 Å². The van der Waals surface area contributed by atoms with E-state index in [4.69, 9.17) is 21.1 Å². The van der Waals surface area contributed by atoms with Gasteiger partial charge in [0.1, 0.15) is 5.75 Å². The van der Waals surface area contributed by atoms with Crippen molar-refractivity contribution in [3.63, 3.8) is 0 Å². The molecule has 0 aliphatic rings. The van der Waals surface area contributed by atoms with Crippen molar-refractivity contribution in [2.24, 2.45) is 0 Å². The molecule has 5 nitrogen and oxygen atoms in total. The number of benzene rings is 1. The first-order valence-electron chi connectivity index (χ1n) is 8.72.